The zero-order chi connectivity index (χ0) is 29.1. The third kappa shape index (κ3) is 6.09. The number of hydrogen-bond donors (Lipinski definition) is 3. The van der Waals surface area contributed by atoms with Gasteiger partial charge in [-0.05, 0) is 61.7 Å². The predicted octanol–water partition coefficient (Wildman–Crippen LogP) is 3.05. The summed E-state index contributed by atoms with van der Waals surface area (Å²) in [6.07, 6.45) is 6.59. The van der Waals surface area contributed by atoms with Crippen LogP contribution >= 0.6 is 0 Å². The van der Waals surface area contributed by atoms with Gasteiger partial charge < -0.3 is 30.9 Å². The molecule has 2 fully saturated rings. The van der Waals surface area contributed by atoms with Gasteiger partial charge in [0.25, 0.3) is 0 Å². The number of aromatic nitrogens is 5. The van der Waals surface area contributed by atoms with Crippen molar-refractivity contribution in [2.45, 2.75) is 31.4 Å². The number of nitrogens with one attached hydrogen (secondary N) is 1. The van der Waals surface area contributed by atoms with Crippen molar-refractivity contribution in [1.29, 1.82) is 0 Å². The zero-order valence-electron chi connectivity index (χ0n) is 23.6. The summed E-state index contributed by atoms with van der Waals surface area (Å²) in [5.41, 5.74) is 9.24. The highest BCUT2D eigenvalue weighted by atomic mass is 19.1. The second kappa shape index (κ2) is 11.8. The maximum atomic E-state index is 13.4. The smallest absolute Gasteiger partial charge is 0.231 e. The van der Waals surface area contributed by atoms with Crippen LogP contribution in [-0.2, 0) is 5.54 Å². The number of aliphatic hydroxyl groups is 1. The van der Waals surface area contributed by atoms with Crippen molar-refractivity contribution in [3.8, 4) is 0 Å². The summed E-state index contributed by atoms with van der Waals surface area (Å²) in [4.78, 5) is 29.0. The molecule has 0 aliphatic carbocycles. The average molecular weight is 571 g/mol. The molecule has 2 aliphatic rings. The van der Waals surface area contributed by atoms with Gasteiger partial charge in [0.2, 0.25) is 17.8 Å². The maximum absolute atomic E-state index is 13.4. The highest BCUT2D eigenvalue weighted by molar-refractivity contribution is 5.60. The van der Waals surface area contributed by atoms with Crippen LogP contribution in [0.1, 0.15) is 30.9 Å². The molecule has 0 saturated carbocycles. The first-order chi connectivity index (χ1) is 20.3. The van der Waals surface area contributed by atoms with Crippen LogP contribution in [0.15, 0.2) is 67.3 Å². The monoisotopic (exact) mass is 570 g/mol. The molecule has 2 saturated heterocycles. The molecular formula is C30H35FN10O. The van der Waals surface area contributed by atoms with Gasteiger partial charge in [0, 0.05) is 68.6 Å². The molecule has 4 N–H and O–H groups in total. The summed E-state index contributed by atoms with van der Waals surface area (Å²) in [6, 6.07) is 14.3. The Hall–Kier alpha value is -4.42. The van der Waals surface area contributed by atoms with E-state index in [1.165, 1.54) is 18.5 Å². The van der Waals surface area contributed by atoms with Crippen molar-refractivity contribution in [3.63, 3.8) is 0 Å². The zero-order valence-corrected chi connectivity index (χ0v) is 23.6. The molecule has 4 aromatic rings. The molecule has 0 radical (unpaired) electrons. The summed E-state index contributed by atoms with van der Waals surface area (Å²) in [7, 11) is 0. The van der Waals surface area contributed by atoms with Gasteiger partial charge in [0.1, 0.15) is 12.1 Å². The standard InChI is InChI=1S/C30H35FN10O/c1-30(32,21-4-6-23(31)7-5-21)22-17-33-28(34-18-22)39-13-15-40(16-14-39)29-36-20-35-27(38-29)37-24-8-10-25(11-9-24)41-12-2-3-26(42)19-41/h4-11,17-18,20,26,42H,2-3,12-16,19,32H2,1H3,(H,35,36,37,38)/t26-,30?/m0/s1. The molecule has 11 nitrogen and oxygen atoms in total. The Kier molecular flexibility index (Phi) is 7.81. The number of rotatable bonds is 7. The van der Waals surface area contributed by atoms with E-state index in [-0.39, 0.29) is 11.9 Å². The second-order valence-corrected chi connectivity index (χ2v) is 11.0. The molecular weight excluding hydrogens is 535 g/mol. The molecule has 0 spiro atoms. The molecule has 2 aromatic carbocycles. The fourth-order valence-corrected chi connectivity index (χ4v) is 5.40. The number of piperazine rings is 1. The number of hydrogen-bond acceptors (Lipinski definition) is 11. The largest absolute Gasteiger partial charge is 0.391 e. The summed E-state index contributed by atoms with van der Waals surface area (Å²) in [6.45, 7) is 6.31. The van der Waals surface area contributed by atoms with Gasteiger partial charge in [-0.3, -0.25) is 0 Å². The molecule has 0 bridgehead atoms. The van der Waals surface area contributed by atoms with E-state index in [2.05, 4.69) is 44.9 Å². The lowest BCUT2D eigenvalue weighted by Gasteiger charge is -2.35. The van der Waals surface area contributed by atoms with E-state index in [4.69, 9.17) is 5.73 Å². The molecule has 2 atom stereocenters. The van der Waals surface area contributed by atoms with E-state index in [0.29, 0.717) is 50.6 Å². The Balaban J connectivity index is 1.05. The van der Waals surface area contributed by atoms with Gasteiger partial charge in [0.15, 0.2) is 0 Å². The van der Waals surface area contributed by atoms with Crippen LogP contribution in [0.4, 0.5) is 33.6 Å². The topological polar surface area (TPSA) is 132 Å². The van der Waals surface area contributed by atoms with Crippen LogP contribution in [0.5, 0.6) is 0 Å². The highest BCUT2D eigenvalue weighted by Gasteiger charge is 2.26. The number of piperidine rings is 1. The van der Waals surface area contributed by atoms with Crippen LogP contribution in [-0.4, -0.2) is 75.4 Å². The lowest BCUT2D eigenvalue weighted by Crippen LogP contribution is -2.47. The van der Waals surface area contributed by atoms with Crippen LogP contribution in [0, 0.1) is 5.82 Å². The van der Waals surface area contributed by atoms with Crippen molar-refractivity contribution in [2.24, 2.45) is 5.73 Å². The minimum atomic E-state index is -0.839. The molecule has 12 heteroatoms. The number of benzene rings is 2. The van der Waals surface area contributed by atoms with Crippen LogP contribution in [0.2, 0.25) is 0 Å². The van der Waals surface area contributed by atoms with Gasteiger partial charge in [-0.2, -0.15) is 4.98 Å². The number of nitrogens with two attached hydrogens (primary N) is 1. The summed E-state index contributed by atoms with van der Waals surface area (Å²) < 4.78 is 13.4. The average Bonchev–Trinajstić information content (AvgIpc) is 3.02. The summed E-state index contributed by atoms with van der Waals surface area (Å²) in [5, 5.41) is 13.2. The SMILES string of the molecule is CC(N)(c1ccc(F)cc1)c1cnc(N2CCN(c3ncnc(Nc4ccc(N5CCC[C@H](O)C5)cc4)n3)CC2)nc1. The highest BCUT2D eigenvalue weighted by Crippen LogP contribution is 2.27. The van der Waals surface area contributed by atoms with E-state index >= 15 is 0 Å². The lowest BCUT2D eigenvalue weighted by atomic mass is 9.87. The van der Waals surface area contributed by atoms with Gasteiger partial charge in [-0.15, -0.1) is 0 Å². The van der Waals surface area contributed by atoms with Gasteiger partial charge in [0.05, 0.1) is 11.6 Å². The first kappa shape index (κ1) is 27.7. The van der Waals surface area contributed by atoms with Crippen molar-refractivity contribution in [1.82, 2.24) is 24.9 Å². The van der Waals surface area contributed by atoms with Gasteiger partial charge in [-0.25, -0.2) is 24.3 Å². The summed E-state index contributed by atoms with van der Waals surface area (Å²) >= 11 is 0. The molecule has 2 aliphatic heterocycles. The van der Waals surface area contributed by atoms with E-state index < -0.39 is 5.54 Å². The third-order valence-corrected chi connectivity index (χ3v) is 7.97. The molecule has 2 aromatic heterocycles. The normalized spacial score (nSPS) is 19.0. The number of anilines is 5. The number of halogens is 1. The van der Waals surface area contributed by atoms with E-state index in [9.17, 15) is 9.50 Å². The van der Waals surface area contributed by atoms with Crippen LogP contribution in [0.3, 0.4) is 0 Å². The van der Waals surface area contributed by atoms with Crippen molar-refractivity contribution in [2.75, 3.05) is 59.3 Å². The minimum absolute atomic E-state index is 0.267. The molecule has 42 heavy (non-hydrogen) atoms. The lowest BCUT2D eigenvalue weighted by molar-refractivity contribution is 0.154. The van der Waals surface area contributed by atoms with E-state index in [1.807, 2.05) is 31.2 Å². The number of β-amino-alcohol motifs (C(OH)–C–C–N with tert-alkyl or cyclic N) is 1. The molecule has 1 unspecified atom stereocenters. The van der Waals surface area contributed by atoms with E-state index in [0.717, 1.165) is 41.9 Å². The van der Waals surface area contributed by atoms with Crippen LogP contribution in [0.25, 0.3) is 0 Å². The van der Waals surface area contributed by atoms with Crippen molar-refractivity contribution < 1.29 is 9.50 Å². The third-order valence-electron chi connectivity index (χ3n) is 7.97. The molecule has 218 valence electrons. The summed E-state index contributed by atoms with van der Waals surface area (Å²) in [5.74, 6) is 1.42. The number of nitrogens with zero attached hydrogens (tertiary/aromatic N) is 8. The first-order valence-corrected chi connectivity index (χ1v) is 14.2. The number of aliphatic hydroxyl groups excluding tert-OH is 1. The second-order valence-electron chi connectivity index (χ2n) is 11.0. The Morgan fingerprint density at radius 3 is 2.17 bits per heavy atom. The molecule has 0 amide bonds. The fraction of sp³-hybridized carbons (Fsp3) is 0.367. The van der Waals surface area contributed by atoms with Crippen molar-refractivity contribution >= 4 is 29.2 Å². The first-order valence-electron chi connectivity index (χ1n) is 14.2. The Bertz CT molecular complexity index is 1480. The van der Waals surface area contributed by atoms with Gasteiger partial charge in [-0.1, -0.05) is 12.1 Å². The minimum Gasteiger partial charge on any atom is -0.391 e. The van der Waals surface area contributed by atoms with Gasteiger partial charge >= 0.3 is 0 Å². The maximum Gasteiger partial charge on any atom is 0.231 e. The van der Waals surface area contributed by atoms with Crippen molar-refractivity contribution in [3.05, 3.63) is 84.2 Å². The Morgan fingerprint density at radius 1 is 0.833 bits per heavy atom. The Labute approximate surface area is 244 Å². The molecule has 4 heterocycles. The van der Waals surface area contributed by atoms with E-state index in [1.54, 1.807) is 24.5 Å². The molecule has 6 rings (SSSR count). The predicted molar refractivity (Wildman–Crippen MR) is 161 cm³/mol. The fourth-order valence-electron chi connectivity index (χ4n) is 5.40. The quantitative estimate of drug-likeness (QED) is 0.303. The van der Waals surface area contributed by atoms with Crippen LogP contribution < -0.4 is 25.8 Å². The Morgan fingerprint density at radius 2 is 1.50 bits per heavy atom.